The van der Waals surface area contributed by atoms with Gasteiger partial charge in [-0.3, -0.25) is 0 Å². The van der Waals surface area contributed by atoms with E-state index in [0.29, 0.717) is 0 Å². The van der Waals surface area contributed by atoms with Gasteiger partial charge in [0, 0.05) is 5.56 Å². The molecule has 2 aromatic carbocycles. The Morgan fingerprint density at radius 2 is 1.58 bits per heavy atom. The van der Waals surface area contributed by atoms with Crippen LogP contribution in [0.25, 0.3) is 0 Å². The van der Waals surface area contributed by atoms with Crippen LogP contribution in [0.1, 0.15) is 37.3 Å². The van der Waals surface area contributed by atoms with Gasteiger partial charge in [-0.05, 0) is 29.8 Å². The smallest absolute Gasteiger partial charge is 0.0771 e. The summed E-state index contributed by atoms with van der Waals surface area (Å²) in [6, 6.07) is 22.3. The van der Waals surface area contributed by atoms with Gasteiger partial charge < -0.3 is 0 Å². The molecule has 2 aromatic rings. The van der Waals surface area contributed by atoms with Gasteiger partial charge >= 0.3 is 0 Å². The van der Waals surface area contributed by atoms with Crippen LogP contribution in [0.15, 0.2) is 71.9 Å². The zero-order chi connectivity index (χ0) is 17.3. The molecule has 0 aliphatic carbocycles. The molecular formula is C23H28Si. The minimum atomic E-state index is -1.59. The van der Waals surface area contributed by atoms with E-state index in [1.807, 2.05) is 6.07 Å². The maximum atomic E-state index is 3.53. The Labute approximate surface area is 148 Å². The second kappa shape index (κ2) is 9.30. The maximum Gasteiger partial charge on any atom is 0.0953 e. The Morgan fingerprint density at radius 3 is 2.21 bits per heavy atom. The number of benzene rings is 2. The Kier molecular flexibility index (Phi) is 7.09. The van der Waals surface area contributed by atoms with Crippen LogP contribution in [0, 0.1) is 11.8 Å². The van der Waals surface area contributed by atoms with Gasteiger partial charge in [0.1, 0.15) is 0 Å². The van der Waals surface area contributed by atoms with Gasteiger partial charge in [-0.1, -0.05) is 105 Å². The van der Waals surface area contributed by atoms with Crippen molar-refractivity contribution in [2.45, 2.75) is 45.3 Å². The monoisotopic (exact) mass is 332 g/mol. The Bertz CT molecular complexity index is 700. The lowest BCUT2D eigenvalue weighted by molar-refractivity contribution is 0.814. The molecule has 0 fully saturated rings. The molecule has 2 rings (SSSR count). The second-order valence-corrected chi connectivity index (χ2v) is 11.6. The third kappa shape index (κ3) is 5.87. The molecule has 0 saturated heterocycles. The van der Waals surface area contributed by atoms with E-state index in [1.165, 1.54) is 23.6 Å². The van der Waals surface area contributed by atoms with Crippen LogP contribution in [-0.4, -0.2) is 8.07 Å². The molecule has 0 heterocycles. The summed E-state index contributed by atoms with van der Waals surface area (Å²) < 4.78 is 0. The molecule has 0 atom stereocenters. The van der Waals surface area contributed by atoms with Crippen molar-refractivity contribution in [2.24, 2.45) is 0 Å². The van der Waals surface area contributed by atoms with E-state index in [0.717, 1.165) is 18.0 Å². The summed E-state index contributed by atoms with van der Waals surface area (Å²) in [6.45, 7) is 7.13. The first-order chi connectivity index (χ1) is 11.6. The standard InChI is InChI=1S/C23H28Si/c1-4-5-8-17-23(19-18-21-13-9-6-10-14-21)24(2,3)20-22-15-11-7-12-16-22/h6-7,9-17H,4-5,8,20H2,1-3H3/b23-17-. The van der Waals surface area contributed by atoms with Crippen molar-refractivity contribution in [1.29, 1.82) is 0 Å². The van der Waals surface area contributed by atoms with E-state index in [2.05, 4.69) is 92.5 Å². The van der Waals surface area contributed by atoms with E-state index in [4.69, 9.17) is 0 Å². The van der Waals surface area contributed by atoms with Crippen molar-refractivity contribution in [2.75, 3.05) is 0 Å². The van der Waals surface area contributed by atoms with Crippen molar-refractivity contribution in [3.05, 3.63) is 83.1 Å². The van der Waals surface area contributed by atoms with Gasteiger partial charge in [0.2, 0.25) is 0 Å². The van der Waals surface area contributed by atoms with Gasteiger partial charge in [-0.15, -0.1) is 0 Å². The number of hydrogen-bond acceptors (Lipinski definition) is 0. The molecule has 0 saturated carbocycles. The van der Waals surface area contributed by atoms with Gasteiger partial charge in [0.05, 0.1) is 8.07 Å². The predicted molar refractivity (Wildman–Crippen MR) is 109 cm³/mol. The normalized spacial score (nSPS) is 11.7. The lowest BCUT2D eigenvalue weighted by atomic mass is 10.2. The number of hydrogen-bond donors (Lipinski definition) is 0. The van der Waals surface area contributed by atoms with Crippen molar-refractivity contribution in [1.82, 2.24) is 0 Å². The van der Waals surface area contributed by atoms with Crippen molar-refractivity contribution in [3.63, 3.8) is 0 Å². The average Bonchev–Trinajstić information content (AvgIpc) is 2.59. The van der Waals surface area contributed by atoms with Crippen molar-refractivity contribution >= 4 is 8.07 Å². The summed E-state index contributed by atoms with van der Waals surface area (Å²) in [5, 5.41) is 1.39. The molecular weight excluding hydrogens is 304 g/mol. The Hall–Kier alpha value is -2.04. The van der Waals surface area contributed by atoms with Crippen molar-refractivity contribution < 1.29 is 0 Å². The van der Waals surface area contributed by atoms with Crippen LogP contribution in [0.4, 0.5) is 0 Å². The summed E-state index contributed by atoms with van der Waals surface area (Å²) in [4.78, 5) is 0. The molecule has 0 radical (unpaired) electrons. The second-order valence-electron chi connectivity index (χ2n) is 6.92. The average molecular weight is 333 g/mol. The first kappa shape index (κ1) is 18.3. The molecule has 0 N–H and O–H groups in total. The van der Waals surface area contributed by atoms with Gasteiger partial charge in [0.15, 0.2) is 0 Å². The highest BCUT2D eigenvalue weighted by molar-refractivity contribution is 6.84. The lowest BCUT2D eigenvalue weighted by Crippen LogP contribution is -2.32. The van der Waals surface area contributed by atoms with E-state index in [9.17, 15) is 0 Å². The van der Waals surface area contributed by atoms with Crippen LogP contribution in [-0.2, 0) is 6.04 Å². The summed E-state index contributed by atoms with van der Waals surface area (Å²) in [5.74, 6) is 6.91. The van der Waals surface area contributed by atoms with E-state index >= 15 is 0 Å². The topological polar surface area (TPSA) is 0 Å². The highest BCUT2D eigenvalue weighted by Crippen LogP contribution is 2.21. The maximum absolute atomic E-state index is 3.53. The Morgan fingerprint density at radius 1 is 0.958 bits per heavy atom. The Balaban J connectivity index is 2.24. The summed E-state index contributed by atoms with van der Waals surface area (Å²) in [7, 11) is -1.59. The van der Waals surface area contributed by atoms with Crippen molar-refractivity contribution in [3.8, 4) is 11.8 Å². The fourth-order valence-electron chi connectivity index (χ4n) is 2.81. The van der Waals surface area contributed by atoms with Crippen LogP contribution >= 0.6 is 0 Å². The molecule has 124 valence electrons. The van der Waals surface area contributed by atoms with Gasteiger partial charge in [-0.25, -0.2) is 0 Å². The number of rotatable bonds is 6. The lowest BCUT2D eigenvalue weighted by Gasteiger charge is -2.23. The van der Waals surface area contributed by atoms with Crippen LogP contribution in [0.3, 0.4) is 0 Å². The first-order valence-corrected chi connectivity index (χ1v) is 12.1. The zero-order valence-corrected chi connectivity index (χ0v) is 16.2. The van der Waals surface area contributed by atoms with Crippen LogP contribution in [0.5, 0.6) is 0 Å². The molecule has 0 amide bonds. The molecule has 0 nitrogen and oxygen atoms in total. The third-order valence-corrected chi connectivity index (χ3v) is 7.32. The molecule has 0 spiro atoms. The highest BCUT2D eigenvalue weighted by Gasteiger charge is 2.25. The van der Waals surface area contributed by atoms with Crippen LogP contribution in [0.2, 0.25) is 13.1 Å². The zero-order valence-electron chi connectivity index (χ0n) is 15.2. The summed E-state index contributed by atoms with van der Waals surface area (Å²) >= 11 is 0. The third-order valence-electron chi connectivity index (χ3n) is 4.24. The molecule has 0 aliphatic heterocycles. The first-order valence-electron chi connectivity index (χ1n) is 8.93. The fourth-order valence-corrected chi connectivity index (χ4v) is 5.35. The van der Waals surface area contributed by atoms with E-state index < -0.39 is 8.07 Å². The van der Waals surface area contributed by atoms with E-state index in [-0.39, 0.29) is 0 Å². The fraction of sp³-hybridized carbons (Fsp3) is 0.304. The minimum absolute atomic E-state index is 1.10. The molecule has 24 heavy (non-hydrogen) atoms. The summed E-state index contributed by atoms with van der Waals surface area (Å²) in [6.07, 6.45) is 6.03. The molecule has 0 bridgehead atoms. The quantitative estimate of drug-likeness (QED) is 0.336. The molecule has 0 aliphatic rings. The van der Waals surface area contributed by atoms with Gasteiger partial charge in [-0.2, -0.15) is 0 Å². The van der Waals surface area contributed by atoms with Gasteiger partial charge in [0.25, 0.3) is 0 Å². The minimum Gasteiger partial charge on any atom is -0.0771 e. The predicted octanol–water partition coefficient (Wildman–Crippen LogP) is 6.18. The molecule has 0 aromatic heterocycles. The number of unbranched alkanes of at least 4 members (excludes halogenated alkanes) is 2. The molecule has 0 unspecified atom stereocenters. The molecule has 1 heteroatoms. The van der Waals surface area contributed by atoms with Crippen LogP contribution < -0.4 is 0 Å². The largest absolute Gasteiger partial charge is 0.0953 e. The highest BCUT2D eigenvalue weighted by atomic mass is 28.3. The number of allylic oxidation sites excluding steroid dienone is 2. The van der Waals surface area contributed by atoms with E-state index in [1.54, 1.807) is 0 Å². The summed E-state index contributed by atoms with van der Waals surface area (Å²) in [5.41, 5.74) is 2.53. The SMILES string of the molecule is CCCC/C=C(/C#Cc1ccccc1)[Si](C)(C)Cc1ccccc1.